The van der Waals surface area contributed by atoms with Crippen LogP contribution in [-0.4, -0.2) is 30.6 Å². The molecule has 0 unspecified atom stereocenters. The average molecular weight is 330 g/mol. The molecule has 0 fully saturated rings. The maximum absolute atomic E-state index is 12.3. The number of benzene rings is 1. The number of amides is 1. The Morgan fingerprint density at radius 3 is 3.09 bits per heavy atom. The summed E-state index contributed by atoms with van der Waals surface area (Å²) in [6, 6.07) is 4.39. The van der Waals surface area contributed by atoms with Crippen molar-refractivity contribution in [1.29, 1.82) is 0 Å². The van der Waals surface area contributed by atoms with Crippen molar-refractivity contribution in [3.05, 3.63) is 40.0 Å². The number of nitro benzene ring substituents is 1. The quantitative estimate of drug-likeness (QED) is 0.580. The molecule has 0 atom stereocenters. The molecule has 0 saturated heterocycles. The molecular weight excluding hydrogens is 320 g/mol. The van der Waals surface area contributed by atoms with Gasteiger partial charge >= 0.3 is 0 Å². The average Bonchev–Trinajstić information content (AvgIpc) is 3.20. The van der Waals surface area contributed by atoms with E-state index in [-0.39, 0.29) is 17.4 Å². The summed E-state index contributed by atoms with van der Waals surface area (Å²) in [5.74, 6) is 0.706. The predicted octanol–water partition coefficient (Wildman–Crippen LogP) is 1.99. The van der Waals surface area contributed by atoms with E-state index in [9.17, 15) is 14.9 Å². The number of nitro groups is 1. The predicted molar refractivity (Wildman–Crippen MR) is 82.6 cm³/mol. The number of aryl methyl sites for hydroxylation is 1. The number of hydrogen-bond acceptors (Lipinski definition) is 7. The number of fused-ring (bicyclic) bond motifs is 2. The van der Waals surface area contributed by atoms with Gasteiger partial charge in [0.2, 0.25) is 5.82 Å². The van der Waals surface area contributed by atoms with E-state index in [1.54, 1.807) is 10.6 Å². The van der Waals surface area contributed by atoms with Crippen LogP contribution in [0.2, 0.25) is 0 Å². The standard InChI is InChI=1S/C13H10N6O3S/c20-12(11-17-16-10-2-1-5-18(10)11)15-13-14-8-4-3-7(19(21)22)6-9(8)23-13/h3-4,6H,1-2,5H2,(H,14,15,20). The lowest BCUT2D eigenvalue weighted by Gasteiger charge is -2.01. The van der Waals surface area contributed by atoms with E-state index in [0.29, 0.717) is 15.3 Å². The monoisotopic (exact) mass is 330 g/mol. The molecule has 0 spiro atoms. The molecule has 4 rings (SSSR count). The van der Waals surface area contributed by atoms with Gasteiger partial charge in [0.05, 0.1) is 15.1 Å². The van der Waals surface area contributed by atoms with E-state index in [1.807, 2.05) is 0 Å². The molecule has 9 nitrogen and oxygen atoms in total. The zero-order valence-corrected chi connectivity index (χ0v) is 12.5. The van der Waals surface area contributed by atoms with Gasteiger partial charge in [-0.25, -0.2) is 4.98 Å². The molecule has 23 heavy (non-hydrogen) atoms. The van der Waals surface area contributed by atoms with E-state index in [0.717, 1.165) is 25.2 Å². The Bertz CT molecular complexity index is 946. The molecule has 0 bridgehead atoms. The number of carbonyl (C=O) groups excluding carboxylic acids is 1. The first kappa shape index (κ1) is 13.8. The van der Waals surface area contributed by atoms with Crippen molar-refractivity contribution < 1.29 is 9.72 Å². The van der Waals surface area contributed by atoms with Gasteiger partial charge in [-0.15, -0.1) is 10.2 Å². The van der Waals surface area contributed by atoms with Crippen LogP contribution >= 0.6 is 11.3 Å². The van der Waals surface area contributed by atoms with Crippen molar-refractivity contribution >= 4 is 38.3 Å². The van der Waals surface area contributed by atoms with Crippen LogP contribution in [0, 0.1) is 10.1 Å². The molecule has 2 aromatic heterocycles. The van der Waals surface area contributed by atoms with Gasteiger partial charge in [0.15, 0.2) is 5.13 Å². The number of carbonyl (C=O) groups is 1. The van der Waals surface area contributed by atoms with Gasteiger partial charge in [0.25, 0.3) is 11.6 Å². The summed E-state index contributed by atoms with van der Waals surface area (Å²) in [4.78, 5) is 26.9. The minimum atomic E-state index is -0.461. The van der Waals surface area contributed by atoms with Crippen LogP contribution in [-0.2, 0) is 13.0 Å². The second kappa shape index (κ2) is 5.09. The van der Waals surface area contributed by atoms with Crippen molar-refractivity contribution in [3.8, 4) is 0 Å². The molecule has 10 heteroatoms. The fourth-order valence-corrected chi connectivity index (χ4v) is 3.45. The Morgan fingerprint density at radius 2 is 2.26 bits per heavy atom. The zero-order valence-electron chi connectivity index (χ0n) is 11.7. The number of nitrogens with one attached hydrogen (secondary N) is 1. The maximum atomic E-state index is 12.3. The lowest BCUT2D eigenvalue weighted by atomic mass is 10.3. The van der Waals surface area contributed by atoms with Gasteiger partial charge in [-0.1, -0.05) is 11.3 Å². The number of hydrogen-bond donors (Lipinski definition) is 1. The lowest BCUT2D eigenvalue weighted by Crippen LogP contribution is -2.17. The lowest BCUT2D eigenvalue weighted by molar-refractivity contribution is -0.384. The van der Waals surface area contributed by atoms with Gasteiger partial charge in [0, 0.05) is 25.1 Å². The van der Waals surface area contributed by atoms with Crippen molar-refractivity contribution in [2.75, 3.05) is 5.32 Å². The SMILES string of the molecule is O=C(Nc1nc2ccc([N+](=O)[O-])cc2s1)c1nnc2n1CCC2. The molecule has 0 radical (unpaired) electrons. The minimum absolute atomic E-state index is 0.00528. The largest absolute Gasteiger partial charge is 0.307 e. The Kier molecular flexibility index (Phi) is 3.05. The molecule has 116 valence electrons. The van der Waals surface area contributed by atoms with Crippen LogP contribution < -0.4 is 5.32 Å². The van der Waals surface area contributed by atoms with E-state index < -0.39 is 4.92 Å². The van der Waals surface area contributed by atoms with E-state index in [4.69, 9.17) is 0 Å². The highest BCUT2D eigenvalue weighted by molar-refractivity contribution is 7.22. The number of thiazole rings is 1. The summed E-state index contributed by atoms with van der Waals surface area (Å²) < 4.78 is 2.44. The highest BCUT2D eigenvalue weighted by Gasteiger charge is 2.23. The van der Waals surface area contributed by atoms with Gasteiger partial charge in [0.1, 0.15) is 5.82 Å². The molecule has 1 amide bonds. The Balaban J connectivity index is 1.62. The first-order valence-electron chi connectivity index (χ1n) is 6.90. The summed E-state index contributed by atoms with van der Waals surface area (Å²) in [5.41, 5.74) is 0.594. The summed E-state index contributed by atoms with van der Waals surface area (Å²) in [6.07, 6.45) is 1.78. The van der Waals surface area contributed by atoms with Gasteiger partial charge in [-0.3, -0.25) is 20.2 Å². The Hall–Kier alpha value is -2.88. The second-order valence-corrected chi connectivity index (χ2v) is 6.11. The molecule has 1 aromatic carbocycles. The molecule has 3 heterocycles. The molecule has 1 N–H and O–H groups in total. The van der Waals surface area contributed by atoms with Crippen LogP contribution in [0.4, 0.5) is 10.8 Å². The second-order valence-electron chi connectivity index (χ2n) is 5.08. The summed E-state index contributed by atoms with van der Waals surface area (Å²) >= 11 is 1.18. The summed E-state index contributed by atoms with van der Waals surface area (Å²) in [7, 11) is 0. The van der Waals surface area contributed by atoms with E-state index >= 15 is 0 Å². The Labute approximate surface area is 133 Å². The highest BCUT2D eigenvalue weighted by Crippen LogP contribution is 2.29. The topological polar surface area (TPSA) is 116 Å². The van der Waals surface area contributed by atoms with Crippen molar-refractivity contribution in [1.82, 2.24) is 19.7 Å². The highest BCUT2D eigenvalue weighted by atomic mass is 32.1. The van der Waals surface area contributed by atoms with Gasteiger partial charge < -0.3 is 4.57 Å². The van der Waals surface area contributed by atoms with Crippen LogP contribution in [0.3, 0.4) is 0 Å². The number of anilines is 1. The molecule has 1 aliphatic heterocycles. The van der Waals surface area contributed by atoms with Crippen molar-refractivity contribution in [3.63, 3.8) is 0 Å². The minimum Gasteiger partial charge on any atom is -0.307 e. The van der Waals surface area contributed by atoms with Gasteiger partial charge in [-0.2, -0.15) is 0 Å². The normalized spacial score (nSPS) is 13.2. The van der Waals surface area contributed by atoms with E-state index in [2.05, 4.69) is 20.5 Å². The van der Waals surface area contributed by atoms with Crippen molar-refractivity contribution in [2.45, 2.75) is 19.4 Å². The van der Waals surface area contributed by atoms with Crippen LogP contribution in [0.25, 0.3) is 10.2 Å². The zero-order chi connectivity index (χ0) is 16.0. The third-order valence-electron chi connectivity index (χ3n) is 3.62. The summed E-state index contributed by atoms with van der Waals surface area (Å²) in [6.45, 7) is 0.733. The van der Waals surface area contributed by atoms with Crippen LogP contribution in [0.15, 0.2) is 18.2 Å². The smallest absolute Gasteiger partial charge is 0.295 e. The molecular formula is C13H10N6O3S. The van der Waals surface area contributed by atoms with E-state index in [1.165, 1.54) is 23.5 Å². The van der Waals surface area contributed by atoms with Crippen molar-refractivity contribution in [2.24, 2.45) is 0 Å². The first-order valence-corrected chi connectivity index (χ1v) is 7.72. The number of nitrogens with zero attached hydrogens (tertiary/aromatic N) is 5. The molecule has 1 aliphatic rings. The number of non-ortho nitro benzene ring substituents is 1. The molecule has 3 aromatic rings. The third kappa shape index (κ3) is 2.32. The number of aromatic nitrogens is 4. The van der Waals surface area contributed by atoms with Crippen LogP contribution in [0.1, 0.15) is 22.9 Å². The van der Waals surface area contributed by atoms with Gasteiger partial charge in [-0.05, 0) is 12.5 Å². The Morgan fingerprint density at radius 1 is 1.39 bits per heavy atom. The fraction of sp³-hybridized carbons (Fsp3) is 0.231. The number of rotatable bonds is 3. The first-order chi connectivity index (χ1) is 11.1. The van der Waals surface area contributed by atoms with Crippen LogP contribution in [0.5, 0.6) is 0 Å². The summed E-state index contributed by atoms with van der Waals surface area (Å²) in [5, 5.41) is 21.8. The maximum Gasteiger partial charge on any atom is 0.295 e. The third-order valence-corrected chi connectivity index (χ3v) is 4.55. The molecule has 0 aliphatic carbocycles. The fourth-order valence-electron chi connectivity index (χ4n) is 2.55. The molecule has 0 saturated carbocycles.